The highest BCUT2D eigenvalue weighted by atomic mass is 16.5. The molecular weight excluding hydrogens is 158 g/mol. The molecule has 1 unspecified atom stereocenters. The number of rotatable bonds is 1. The van der Waals surface area contributed by atoms with E-state index in [0.717, 1.165) is 0 Å². The molecule has 0 aromatic rings. The fourth-order valence-corrected chi connectivity index (χ4v) is 1.23. The maximum Gasteiger partial charge on any atom is 0.290 e. The van der Waals surface area contributed by atoms with Gasteiger partial charge in [-0.25, -0.2) is 0 Å². The van der Waals surface area contributed by atoms with Crippen molar-refractivity contribution in [2.45, 2.75) is 19.9 Å². The average molecular weight is 171 g/mol. The van der Waals surface area contributed by atoms with E-state index in [0.29, 0.717) is 19.8 Å². The summed E-state index contributed by atoms with van der Waals surface area (Å²) in [7, 11) is 0. The van der Waals surface area contributed by atoms with Gasteiger partial charge >= 0.3 is 0 Å². The van der Waals surface area contributed by atoms with Crippen LogP contribution in [0.5, 0.6) is 0 Å². The number of ketones is 1. The molecule has 1 fully saturated rings. The number of ether oxygens (including phenoxy) is 1. The van der Waals surface area contributed by atoms with Crippen LogP contribution in [-0.2, 0) is 14.3 Å². The molecule has 0 saturated carbocycles. The minimum Gasteiger partial charge on any atom is -0.377 e. The molecule has 0 aromatic heterocycles. The molecule has 0 aromatic carbocycles. The lowest BCUT2D eigenvalue weighted by atomic mass is 10.2. The summed E-state index contributed by atoms with van der Waals surface area (Å²) < 4.78 is 5.14. The molecule has 0 bridgehead atoms. The van der Waals surface area contributed by atoms with Gasteiger partial charge in [0.15, 0.2) is 0 Å². The number of morpholine rings is 1. The molecule has 4 heteroatoms. The summed E-state index contributed by atoms with van der Waals surface area (Å²) >= 11 is 0. The third kappa shape index (κ3) is 1.82. The Balaban J connectivity index is 2.59. The van der Waals surface area contributed by atoms with Gasteiger partial charge in [0.05, 0.1) is 19.3 Å². The van der Waals surface area contributed by atoms with Gasteiger partial charge in [0, 0.05) is 13.5 Å². The summed E-state index contributed by atoms with van der Waals surface area (Å²) in [6.45, 7) is 4.76. The Morgan fingerprint density at radius 3 is 2.67 bits per heavy atom. The number of Topliss-reactive ketones (excluding diaryl/α,β-unsaturated/α-hetero) is 1. The zero-order valence-corrected chi connectivity index (χ0v) is 7.37. The Morgan fingerprint density at radius 1 is 1.50 bits per heavy atom. The van der Waals surface area contributed by atoms with Gasteiger partial charge in [-0.3, -0.25) is 9.59 Å². The highest BCUT2D eigenvalue weighted by Crippen LogP contribution is 2.06. The van der Waals surface area contributed by atoms with Crippen molar-refractivity contribution < 1.29 is 14.3 Å². The summed E-state index contributed by atoms with van der Waals surface area (Å²) in [4.78, 5) is 23.5. The van der Waals surface area contributed by atoms with Gasteiger partial charge in [-0.2, -0.15) is 0 Å². The van der Waals surface area contributed by atoms with E-state index >= 15 is 0 Å². The first-order valence-electron chi connectivity index (χ1n) is 4.02. The van der Waals surface area contributed by atoms with Gasteiger partial charge in [0.25, 0.3) is 5.91 Å². The fourth-order valence-electron chi connectivity index (χ4n) is 1.23. The van der Waals surface area contributed by atoms with Gasteiger partial charge in [0.1, 0.15) is 0 Å². The van der Waals surface area contributed by atoms with E-state index in [1.165, 1.54) is 6.92 Å². The van der Waals surface area contributed by atoms with Gasteiger partial charge in [0.2, 0.25) is 5.78 Å². The Kier molecular flexibility index (Phi) is 2.81. The average Bonchev–Trinajstić information content (AvgIpc) is 2.04. The summed E-state index contributed by atoms with van der Waals surface area (Å²) in [5.41, 5.74) is 0. The summed E-state index contributed by atoms with van der Waals surface area (Å²) in [5, 5.41) is 0. The molecule has 1 saturated heterocycles. The first kappa shape index (κ1) is 9.19. The normalized spacial score (nSPS) is 23.8. The van der Waals surface area contributed by atoms with Crippen LogP contribution in [0.4, 0.5) is 0 Å². The zero-order chi connectivity index (χ0) is 9.14. The minimum absolute atomic E-state index is 0.0233. The predicted molar refractivity (Wildman–Crippen MR) is 42.7 cm³/mol. The molecule has 1 aliphatic rings. The molecule has 1 heterocycles. The lowest BCUT2D eigenvalue weighted by molar-refractivity contribution is -0.149. The second kappa shape index (κ2) is 3.67. The highest BCUT2D eigenvalue weighted by molar-refractivity contribution is 6.35. The van der Waals surface area contributed by atoms with Crippen molar-refractivity contribution in [2.75, 3.05) is 19.8 Å². The highest BCUT2D eigenvalue weighted by Gasteiger charge is 2.25. The molecule has 12 heavy (non-hydrogen) atoms. The van der Waals surface area contributed by atoms with E-state index in [2.05, 4.69) is 0 Å². The molecule has 4 nitrogen and oxygen atoms in total. The minimum atomic E-state index is -0.399. The smallest absolute Gasteiger partial charge is 0.290 e. The van der Waals surface area contributed by atoms with Crippen LogP contribution < -0.4 is 0 Å². The van der Waals surface area contributed by atoms with Crippen LogP contribution >= 0.6 is 0 Å². The molecule has 1 rings (SSSR count). The second-order valence-electron chi connectivity index (χ2n) is 2.98. The van der Waals surface area contributed by atoms with Gasteiger partial charge in [-0.15, -0.1) is 0 Å². The van der Waals surface area contributed by atoms with Crippen molar-refractivity contribution in [3.63, 3.8) is 0 Å². The summed E-state index contributed by atoms with van der Waals surface area (Å²) in [5.74, 6) is -0.797. The zero-order valence-electron chi connectivity index (χ0n) is 7.37. The Morgan fingerprint density at radius 2 is 2.17 bits per heavy atom. The molecule has 0 aliphatic carbocycles. The second-order valence-corrected chi connectivity index (χ2v) is 2.98. The molecule has 0 N–H and O–H groups in total. The maximum absolute atomic E-state index is 11.2. The van der Waals surface area contributed by atoms with Crippen LogP contribution in [-0.4, -0.2) is 42.4 Å². The first-order chi connectivity index (χ1) is 5.63. The number of hydrogen-bond acceptors (Lipinski definition) is 3. The van der Waals surface area contributed by atoms with E-state index in [9.17, 15) is 9.59 Å². The van der Waals surface area contributed by atoms with E-state index in [-0.39, 0.29) is 6.04 Å². The monoisotopic (exact) mass is 171 g/mol. The predicted octanol–water partition coefficient (Wildman–Crippen LogP) is -0.177. The van der Waals surface area contributed by atoms with Crippen molar-refractivity contribution in [1.82, 2.24) is 4.90 Å². The molecule has 1 aliphatic heterocycles. The maximum atomic E-state index is 11.2. The largest absolute Gasteiger partial charge is 0.377 e. The van der Waals surface area contributed by atoms with Crippen molar-refractivity contribution in [3.05, 3.63) is 0 Å². The first-order valence-corrected chi connectivity index (χ1v) is 4.02. The summed E-state index contributed by atoms with van der Waals surface area (Å²) in [6.07, 6.45) is 0. The Bertz CT molecular complexity index is 202. The van der Waals surface area contributed by atoms with E-state index in [4.69, 9.17) is 4.74 Å². The third-order valence-corrected chi connectivity index (χ3v) is 1.93. The molecule has 0 spiro atoms. The van der Waals surface area contributed by atoms with Crippen molar-refractivity contribution in [2.24, 2.45) is 0 Å². The number of carbonyl (C=O) groups excluding carboxylic acids is 2. The van der Waals surface area contributed by atoms with Gasteiger partial charge < -0.3 is 9.64 Å². The Labute approximate surface area is 71.5 Å². The lowest BCUT2D eigenvalue weighted by Gasteiger charge is -2.32. The standard InChI is InChI=1S/C8H13NO3/c1-6-5-12-4-3-9(6)8(11)7(2)10/h6H,3-5H2,1-2H3. The van der Waals surface area contributed by atoms with Crippen LogP contribution in [0.25, 0.3) is 0 Å². The van der Waals surface area contributed by atoms with E-state index in [1.807, 2.05) is 6.92 Å². The number of nitrogens with zero attached hydrogens (tertiary/aromatic N) is 1. The number of carbonyl (C=O) groups is 2. The van der Waals surface area contributed by atoms with Crippen LogP contribution in [0, 0.1) is 0 Å². The van der Waals surface area contributed by atoms with Crippen molar-refractivity contribution in [1.29, 1.82) is 0 Å². The van der Waals surface area contributed by atoms with Crippen molar-refractivity contribution in [3.8, 4) is 0 Å². The van der Waals surface area contributed by atoms with Gasteiger partial charge in [-0.05, 0) is 6.92 Å². The number of amides is 1. The van der Waals surface area contributed by atoms with Crippen LogP contribution in [0.15, 0.2) is 0 Å². The lowest BCUT2D eigenvalue weighted by Crippen LogP contribution is -2.49. The quantitative estimate of drug-likeness (QED) is 0.514. The fraction of sp³-hybridized carbons (Fsp3) is 0.750. The molecule has 1 amide bonds. The third-order valence-electron chi connectivity index (χ3n) is 1.93. The summed E-state index contributed by atoms with van der Waals surface area (Å²) in [6, 6.07) is 0.0233. The Hall–Kier alpha value is -0.900. The van der Waals surface area contributed by atoms with Crippen LogP contribution in [0.2, 0.25) is 0 Å². The molecule has 68 valence electrons. The van der Waals surface area contributed by atoms with Crippen molar-refractivity contribution >= 4 is 11.7 Å². The molecule has 1 atom stereocenters. The topological polar surface area (TPSA) is 46.6 Å². The number of hydrogen-bond donors (Lipinski definition) is 0. The van der Waals surface area contributed by atoms with Gasteiger partial charge in [-0.1, -0.05) is 0 Å². The van der Waals surface area contributed by atoms with Crippen LogP contribution in [0.1, 0.15) is 13.8 Å². The molecule has 0 radical (unpaired) electrons. The van der Waals surface area contributed by atoms with Crippen LogP contribution in [0.3, 0.4) is 0 Å². The van der Waals surface area contributed by atoms with E-state index < -0.39 is 11.7 Å². The van der Waals surface area contributed by atoms with E-state index in [1.54, 1.807) is 4.90 Å². The molecular formula is C8H13NO3. The SMILES string of the molecule is CC(=O)C(=O)N1CCOCC1C.